The molecule has 3 N–H and O–H groups in total. The van der Waals surface area contributed by atoms with Crippen LogP contribution in [0, 0.1) is 0 Å². The molecule has 3 nitrogen and oxygen atoms in total. The first kappa shape index (κ1) is 16.0. The van der Waals surface area contributed by atoms with Gasteiger partial charge in [-0.05, 0) is 13.8 Å². The Labute approximate surface area is 66.4 Å². The van der Waals surface area contributed by atoms with Crippen molar-refractivity contribution in [3.05, 3.63) is 0 Å². The van der Waals surface area contributed by atoms with E-state index in [0.29, 0.717) is 0 Å². The van der Waals surface area contributed by atoms with Gasteiger partial charge in [0.15, 0.2) is 0 Å². The smallest absolute Gasteiger partial charge is 0.248 e. The van der Waals surface area contributed by atoms with Gasteiger partial charge in [0, 0.05) is 0 Å². The summed E-state index contributed by atoms with van der Waals surface area (Å²) in [6.45, 7) is 2.69. The highest BCUT2D eigenvalue weighted by Gasteiger charge is 2.18. The topological polar surface area (TPSA) is 63.3 Å². The van der Waals surface area contributed by atoms with Crippen molar-refractivity contribution in [2.75, 3.05) is 0 Å². The molecule has 0 aromatic heterocycles. The molecule has 0 bridgehead atoms. The molecule has 0 aromatic rings. The number of amides is 1. The van der Waals surface area contributed by atoms with E-state index in [1.165, 1.54) is 13.8 Å². The minimum absolute atomic E-state index is 0. The fourth-order valence-electron chi connectivity index (χ4n) is 0. The lowest BCUT2D eigenvalue weighted by molar-refractivity contribution is -0.132. The van der Waals surface area contributed by atoms with Crippen molar-refractivity contribution in [3.8, 4) is 0 Å². The van der Waals surface area contributed by atoms with Gasteiger partial charge in [-0.2, -0.15) is 0 Å². The molecule has 0 unspecified atom stereocenters. The average Bonchev–Trinajstić information content (AvgIpc) is 1.31. The number of hydrogen-bond donors (Lipinski definition) is 2. The third-order valence-electron chi connectivity index (χ3n) is 0.603. The Morgan fingerprint density at radius 2 is 1.56 bits per heavy atom. The first-order valence-corrected chi connectivity index (χ1v) is 1.97. The highest BCUT2D eigenvalue weighted by atomic mass is 35.5. The van der Waals surface area contributed by atoms with Crippen LogP contribution < -0.4 is 5.73 Å². The number of hydrogen-bond acceptors (Lipinski definition) is 2. The van der Waals surface area contributed by atoms with E-state index in [-0.39, 0.29) is 24.8 Å². The Bertz CT molecular complexity index is 89.1. The monoisotopic (exact) mass is 175 g/mol. The lowest BCUT2D eigenvalue weighted by atomic mass is 10.1. The summed E-state index contributed by atoms with van der Waals surface area (Å²) in [7, 11) is 0. The normalized spacial score (nSPS) is 8.78. The van der Waals surface area contributed by atoms with E-state index in [4.69, 9.17) is 5.11 Å². The average molecular weight is 176 g/mol. The van der Waals surface area contributed by atoms with Gasteiger partial charge in [0.2, 0.25) is 5.91 Å². The van der Waals surface area contributed by atoms with Gasteiger partial charge in [0.1, 0.15) is 5.60 Å². The molecule has 1 amide bonds. The molecule has 0 saturated carbocycles. The van der Waals surface area contributed by atoms with Gasteiger partial charge in [0.25, 0.3) is 0 Å². The minimum atomic E-state index is -1.36. The number of halogens is 2. The van der Waals surface area contributed by atoms with Crippen LogP contribution in [-0.4, -0.2) is 16.6 Å². The molecule has 0 aliphatic heterocycles. The van der Waals surface area contributed by atoms with Crippen LogP contribution in [0.3, 0.4) is 0 Å². The number of carbonyl (C=O) groups is 1. The molecule has 0 spiro atoms. The molecule has 0 saturated heterocycles. The molecule has 58 valence electrons. The predicted molar refractivity (Wildman–Crippen MR) is 40.0 cm³/mol. The van der Waals surface area contributed by atoms with Crippen molar-refractivity contribution in [3.63, 3.8) is 0 Å². The summed E-state index contributed by atoms with van der Waals surface area (Å²) in [6, 6.07) is 0. The molecule has 0 aliphatic rings. The van der Waals surface area contributed by atoms with Crippen molar-refractivity contribution >= 4 is 30.7 Å². The second-order valence-corrected chi connectivity index (χ2v) is 1.92. The van der Waals surface area contributed by atoms with Gasteiger partial charge in [-0.1, -0.05) is 0 Å². The molecule has 0 aromatic carbocycles. The molecule has 0 aliphatic carbocycles. The van der Waals surface area contributed by atoms with E-state index in [1.54, 1.807) is 0 Å². The summed E-state index contributed by atoms with van der Waals surface area (Å²) in [5.41, 5.74) is 3.32. The SMILES string of the molecule is CC(C)(O)C(N)=O.Cl.Cl. The molecule has 0 rings (SSSR count). The Morgan fingerprint density at radius 3 is 1.56 bits per heavy atom. The van der Waals surface area contributed by atoms with E-state index in [2.05, 4.69) is 5.73 Å². The van der Waals surface area contributed by atoms with Crippen LogP contribution in [0.1, 0.15) is 13.8 Å². The van der Waals surface area contributed by atoms with Gasteiger partial charge in [-0.15, -0.1) is 24.8 Å². The number of aliphatic hydroxyl groups is 1. The standard InChI is InChI=1S/C4H9NO2.2ClH/c1-4(2,7)3(5)6;;/h7H,1-2H3,(H2,5,6);2*1H. The predicted octanol–water partition coefficient (Wildman–Crippen LogP) is 0.0862. The molecule has 0 radical (unpaired) electrons. The third kappa shape index (κ3) is 8.01. The Hall–Kier alpha value is 0.01000. The summed E-state index contributed by atoms with van der Waals surface area (Å²) in [6.07, 6.45) is 0. The van der Waals surface area contributed by atoms with Crippen LogP contribution in [0.5, 0.6) is 0 Å². The lowest BCUT2D eigenvalue weighted by Crippen LogP contribution is -2.37. The number of rotatable bonds is 1. The first-order valence-electron chi connectivity index (χ1n) is 1.97. The largest absolute Gasteiger partial charge is 0.381 e. The number of primary amides is 1. The fraction of sp³-hybridized carbons (Fsp3) is 0.750. The quantitative estimate of drug-likeness (QED) is 0.594. The summed E-state index contributed by atoms with van der Waals surface area (Å²) in [5.74, 6) is -0.701. The van der Waals surface area contributed by atoms with E-state index in [1.807, 2.05) is 0 Å². The van der Waals surface area contributed by atoms with Crippen molar-refractivity contribution < 1.29 is 9.90 Å². The van der Waals surface area contributed by atoms with E-state index < -0.39 is 11.5 Å². The van der Waals surface area contributed by atoms with Crippen LogP contribution in [-0.2, 0) is 4.79 Å². The lowest BCUT2D eigenvalue weighted by Gasteiger charge is -2.09. The second kappa shape index (κ2) is 4.85. The summed E-state index contributed by atoms with van der Waals surface area (Å²) >= 11 is 0. The Morgan fingerprint density at radius 1 is 1.44 bits per heavy atom. The van der Waals surface area contributed by atoms with Gasteiger partial charge >= 0.3 is 0 Å². The van der Waals surface area contributed by atoms with E-state index in [9.17, 15) is 4.79 Å². The minimum Gasteiger partial charge on any atom is -0.381 e. The van der Waals surface area contributed by atoms with Crippen molar-refractivity contribution in [2.24, 2.45) is 5.73 Å². The molecule has 9 heavy (non-hydrogen) atoms. The number of nitrogens with two attached hydrogens (primary N) is 1. The maximum atomic E-state index is 9.99. The molecule has 0 atom stereocenters. The Kier molecular flexibility index (Phi) is 8.62. The molecule has 5 heteroatoms. The third-order valence-corrected chi connectivity index (χ3v) is 0.603. The van der Waals surface area contributed by atoms with Crippen molar-refractivity contribution in [1.29, 1.82) is 0 Å². The summed E-state index contributed by atoms with van der Waals surface area (Å²) in [5, 5.41) is 8.62. The maximum Gasteiger partial charge on any atom is 0.248 e. The maximum absolute atomic E-state index is 9.99. The summed E-state index contributed by atoms with van der Waals surface area (Å²) < 4.78 is 0. The molecular weight excluding hydrogens is 165 g/mol. The second-order valence-electron chi connectivity index (χ2n) is 1.92. The van der Waals surface area contributed by atoms with Crippen LogP contribution >= 0.6 is 24.8 Å². The highest BCUT2D eigenvalue weighted by molar-refractivity contribution is 5.85. The summed E-state index contributed by atoms with van der Waals surface area (Å²) in [4.78, 5) is 9.99. The van der Waals surface area contributed by atoms with Crippen molar-refractivity contribution in [1.82, 2.24) is 0 Å². The van der Waals surface area contributed by atoms with Crippen LogP contribution in [0.25, 0.3) is 0 Å². The van der Waals surface area contributed by atoms with Crippen LogP contribution in [0.2, 0.25) is 0 Å². The van der Waals surface area contributed by atoms with Gasteiger partial charge in [0.05, 0.1) is 0 Å². The highest BCUT2D eigenvalue weighted by Crippen LogP contribution is 1.95. The van der Waals surface area contributed by atoms with E-state index >= 15 is 0 Å². The van der Waals surface area contributed by atoms with E-state index in [0.717, 1.165) is 0 Å². The van der Waals surface area contributed by atoms with Crippen molar-refractivity contribution in [2.45, 2.75) is 19.4 Å². The molecule has 0 heterocycles. The first-order chi connectivity index (χ1) is 2.94. The zero-order valence-corrected chi connectivity index (χ0v) is 6.88. The fourth-order valence-corrected chi connectivity index (χ4v) is 0. The van der Waals surface area contributed by atoms with Crippen LogP contribution in [0.4, 0.5) is 0 Å². The zero-order chi connectivity index (χ0) is 6.08. The van der Waals surface area contributed by atoms with Gasteiger partial charge in [-0.3, -0.25) is 4.79 Å². The molecule has 0 fully saturated rings. The Balaban J connectivity index is -0.000000180. The zero-order valence-electron chi connectivity index (χ0n) is 5.25. The van der Waals surface area contributed by atoms with Crippen LogP contribution in [0.15, 0.2) is 0 Å². The van der Waals surface area contributed by atoms with Gasteiger partial charge in [-0.25, -0.2) is 0 Å². The van der Waals surface area contributed by atoms with Gasteiger partial charge < -0.3 is 10.8 Å². The number of carbonyl (C=O) groups excluding carboxylic acids is 1. The molecular formula is C4H11Cl2NO2.